The zero-order valence-corrected chi connectivity index (χ0v) is 12.9. The van der Waals surface area contributed by atoms with Crippen LogP contribution in [0, 0.1) is 0 Å². The van der Waals surface area contributed by atoms with E-state index >= 15 is 0 Å². The molecule has 0 atom stereocenters. The lowest BCUT2D eigenvalue weighted by molar-refractivity contribution is -0.159. The van der Waals surface area contributed by atoms with Crippen LogP contribution in [0.5, 0.6) is 0 Å². The summed E-state index contributed by atoms with van der Waals surface area (Å²) in [5.41, 5.74) is 1.73. The molecular formula is C17H10F3N3O3. The normalized spacial score (nSPS) is 11.2. The number of aldehydes is 1. The highest BCUT2D eigenvalue weighted by atomic mass is 19.4. The first-order valence-corrected chi connectivity index (χ1v) is 7.25. The van der Waals surface area contributed by atoms with Gasteiger partial charge in [0.15, 0.2) is 0 Å². The zero-order chi connectivity index (χ0) is 18.7. The molecule has 1 N–H and O–H groups in total. The Morgan fingerprint density at radius 2 is 1.81 bits per heavy atom. The molecule has 1 amide bonds. The van der Waals surface area contributed by atoms with Crippen molar-refractivity contribution in [2.45, 2.75) is 6.18 Å². The number of hydrogen-bond acceptors (Lipinski definition) is 5. The quantitative estimate of drug-likeness (QED) is 0.567. The average molecular weight is 361 g/mol. The summed E-state index contributed by atoms with van der Waals surface area (Å²) in [5, 5.41) is 5.76. The molecular weight excluding hydrogens is 351 g/mol. The van der Waals surface area contributed by atoms with Gasteiger partial charge in [-0.15, -0.1) is 0 Å². The SMILES string of the molecule is O=CC(=O)Nc1ccc(-c2noc(C(F)(F)F)n2)cc1-c1ccccc1. The van der Waals surface area contributed by atoms with Crippen LogP contribution in [0.15, 0.2) is 53.1 Å². The Morgan fingerprint density at radius 1 is 1.08 bits per heavy atom. The minimum atomic E-state index is -4.74. The summed E-state index contributed by atoms with van der Waals surface area (Å²) >= 11 is 0. The summed E-state index contributed by atoms with van der Waals surface area (Å²) < 4.78 is 42.1. The van der Waals surface area contributed by atoms with E-state index in [2.05, 4.69) is 20.0 Å². The third-order valence-electron chi connectivity index (χ3n) is 3.40. The van der Waals surface area contributed by atoms with Gasteiger partial charge in [-0.2, -0.15) is 18.2 Å². The predicted molar refractivity (Wildman–Crippen MR) is 84.9 cm³/mol. The second-order valence-corrected chi connectivity index (χ2v) is 5.15. The highest BCUT2D eigenvalue weighted by molar-refractivity contribution is 6.30. The maximum atomic E-state index is 12.6. The molecule has 26 heavy (non-hydrogen) atoms. The minimum absolute atomic E-state index is 0.122. The number of carbonyl (C=O) groups is 2. The molecule has 132 valence electrons. The van der Waals surface area contributed by atoms with Crippen LogP contribution in [0.25, 0.3) is 22.5 Å². The third kappa shape index (κ3) is 3.61. The Labute approximate surface area is 144 Å². The van der Waals surface area contributed by atoms with Gasteiger partial charge < -0.3 is 9.84 Å². The molecule has 0 aliphatic rings. The molecule has 0 radical (unpaired) electrons. The average Bonchev–Trinajstić information content (AvgIpc) is 3.13. The van der Waals surface area contributed by atoms with Crippen molar-refractivity contribution in [2.75, 3.05) is 5.32 Å². The van der Waals surface area contributed by atoms with Crippen LogP contribution in [0.3, 0.4) is 0 Å². The number of rotatable bonds is 4. The molecule has 0 aliphatic heterocycles. The van der Waals surface area contributed by atoms with Crippen molar-refractivity contribution in [1.82, 2.24) is 10.1 Å². The number of aromatic nitrogens is 2. The summed E-state index contributed by atoms with van der Waals surface area (Å²) in [7, 11) is 0. The van der Waals surface area contributed by atoms with E-state index in [9.17, 15) is 22.8 Å². The smallest absolute Gasteiger partial charge is 0.329 e. The van der Waals surface area contributed by atoms with E-state index in [-0.39, 0.29) is 17.7 Å². The number of amides is 1. The number of carbonyl (C=O) groups excluding carboxylic acids is 2. The number of anilines is 1. The number of nitrogens with one attached hydrogen (secondary N) is 1. The van der Waals surface area contributed by atoms with Crippen LogP contribution in [0.4, 0.5) is 18.9 Å². The Morgan fingerprint density at radius 3 is 2.42 bits per heavy atom. The van der Waals surface area contributed by atoms with Crippen LogP contribution in [-0.2, 0) is 15.8 Å². The monoisotopic (exact) mass is 361 g/mol. The number of benzene rings is 2. The van der Waals surface area contributed by atoms with Crippen LogP contribution >= 0.6 is 0 Å². The van der Waals surface area contributed by atoms with Gasteiger partial charge in [0.25, 0.3) is 5.91 Å². The van der Waals surface area contributed by atoms with Gasteiger partial charge in [0.1, 0.15) is 0 Å². The molecule has 0 bridgehead atoms. The zero-order valence-electron chi connectivity index (χ0n) is 12.9. The summed E-state index contributed by atoms with van der Waals surface area (Å²) in [4.78, 5) is 25.3. The Bertz CT molecular complexity index is 953. The van der Waals surface area contributed by atoms with Crippen LogP contribution < -0.4 is 5.32 Å². The fourth-order valence-electron chi connectivity index (χ4n) is 2.27. The van der Waals surface area contributed by atoms with E-state index in [1.54, 1.807) is 30.3 Å². The number of hydrogen-bond donors (Lipinski definition) is 1. The molecule has 0 unspecified atom stereocenters. The van der Waals surface area contributed by atoms with Crippen molar-refractivity contribution in [3.8, 4) is 22.5 Å². The van der Waals surface area contributed by atoms with E-state index < -0.39 is 18.0 Å². The molecule has 6 nitrogen and oxygen atoms in total. The molecule has 0 spiro atoms. The highest BCUT2D eigenvalue weighted by Gasteiger charge is 2.38. The van der Waals surface area contributed by atoms with Crippen molar-refractivity contribution in [3.63, 3.8) is 0 Å². The predicted octanol–water partition coefficient (Wildman–Crippen LogP) is 3.56. The molecule has 0 aliphatic carbocycles. The lowest BCUT2D eigenvalue weighted by Gasteiger charge is -2.11. The standard InChI is InChI=1S/C17H10F3N3O3/c18-17(19,20)16-22-15(23-26-16)11-6-7-13(21-14(25)9-24)12(8-11)10-4-2-1-3-5-10/h1-9H,(H,21,25). The van der Waals surface area contributed by atoms with Crippen LogP contribution in [-0.4, -0.2) is 22.3 Å². The second kappa shape index (κ2) is 6.79. The molecule has 0 fully saturated rings. The molecule has 2 aromatic carbocycles. The molecule has 3 aromatic rings. The van der Waals surface area contributed by atoms with E-state index in [4.69, 9.17) is 0 Å². The van der Waals surface area contributed by atoms with Gasteiger partial charge in [-0.05, 0) is 23.8 Å². The van der Waals surface area contributed by atoms with E-state index in [1.807, 2.05) is 0 Å². The first-order valence-electron chi connectivity index (χ1n) is 7.25. The molecule has 1 heterocycles. The van der Waals surface area contributed by atoms with Crippen molar-refractivity contribution in [3.05, 3.63) is 54.4 Å². The number of nitrogens with zero attached hydrogens (tertiary/aromatic N) is 2. The lowest BCUT2D eigenvalue weighted by Crippen LogP contribution is -2.13. The summed E-state index contributed by atoms with van der Waals surface area (Å²) in [6.07, 6.45) is -4.62. The minimum Gasteiger partial charge on any atom is -0.329 e. The molecule has 3 rings (SSSR count). The van der Waals surface area contributed by atoms with Gasteiger partial charge in [-0.1, -0.05) is 35.5 Å². The van der Waals surface area contributed by atoms with Crippen molar-refractivity contribution < 1.29 is 27.3 Å². The Balaban J connectivity index is 2.07. The van der Waals surface area contributed by atoms with E-state index in [0.29, 0.717) is 16.8 Å². The van der Waals surface area contributed by atoms with Gasteiger partial charge in [-0.25, -0.2) is 0 Å². The highest BCUT2D eigenvalue weighted by Crippen LogP contribution is 2.34. The second-order valence-electron chi connectivity index (χ2n) is 5.15. The van der Waals surface area contributed by atoms with Crippen LogP contribution in [0.1, 0.15) is 5.89 Å². The maximum absolute atomic E-state index is 12.6. The molecule has 0 saturated heterocycles. The molecule has 1 aromatic heterocycles. The maximum Gasteiger partial charge on any atom is 0.471 e. The van der Waals surface area contributed by atoms with Gasteiger partial charge >= 0.3 is 12.1 Å². The van der Waals surface area contributed by atoms with Gasteiger partial charge in [0.2, 0.25) is 12.1 Å². The summed E-state index contributed by atoms with van der Waals surface area (Å²) in [6, 6.07) is 13.1. The lowest BCUT2D eigenvalue weighted by atomic mass is 10.0. The largest absolute Gasteiger partial charge is 0.471 e. The Hall–Kier alpha value is -3.49. The van der Waals surface area contributed by atoms with Crippen molar-refractivity contribution in [2.24, 2.45) is 0 Å². The van der Waals surface area contributed by atoms with E-state index in [0.717, 1.165) is 0 Å². The van der Waals surface area contributed by atoms with Gasteiger partial charge in [-0.3, -0.25) is 9.59 Å². The topological polar surface area (TPSA) is 85.1 Å². The van der Waals surface area contributed by atoms with E-state index in [1.165, 1.54) is 18.2 Å². The number of alkyl halides is 3. The fourth-order valence-corrected chi connectivity index (χ4v) is 2.27. The fraction of sp³-hybridized carbons (Fsp3) is 0.0588. The molecule has 0 saturated carbocycles. The van der Waals surface area contributed by atoms with Crippen molar-refractivity contribution in [1.29, 1.82) is 0 Å². The van der Waals surface area contributed by atoms with Crippen LogP contribution in [0.2, 0.25) is 0 Å². The first kappa shape index (κ1) is 17.3. The summed E-state index contributed by atoms with van der Waals surface area (Å²) in [6.45, 7) is 0. The number of halogens is 3. The molecule has 9 heteroatoms. The van der Waals surface area contributed by atoms with Gasteiger partial charge in [0, 0.05) is 16.8 Å². The summed E-state index contributed by atoms with van der Waals surface area (Å²) in [5.74, 6) is -2.55. The Kier molecular flexibility index (Phi) is 4.53. The third-order valence-corrected chi connectivity index (χ3v) is 3.40. The van der Waals surface area contributed by atoms with Crippen molar-refractivity contribution >= 4 is 17.9 Å². The van der Waals surface area contributed by atoms with Gasteiger partial charge in [0.05, 0.1) is 0 Å². The first-order chi connectivity index (χ1) is 12.4.